The number of carboxylic acids is 1. The van der Waals surface area contributed by atoms with Crippen molar-refractivity contribution in [2.24, 2.45) is 0 Å². The Kier molecular flexibility index (Phi) is 4.30. The Morgan fingerprint density at radius 3 is 2.73 bits per heavy atom. The molecule has 0 radical (unpaired) electrons. The predicted molar refractivity (Wildman–Crippen MR) is 55.4 cm³/mol. The topological polar surface area (TPSA) is 78.4 Å². The van der Waals surface area contributed by atoms with E-state index >= 15 is 0 Å². The number of amides is 1. The highest BCUT2D eigenvalue weighted by atomic mass is 16.4. The van der Waals surface area contributed by atoms with Gasteiger partial charge in [-0.05, 0) is 19.8 Å². The molecular weight excluding hydrogens is 196 g/mol. The van der Waals surface area contributed by atoms with E-state index in [1.807, 2.05) is 0 Å². The Morgan fingerprint density at radius 2 is 2.20 bits per heavy atom. The van der Waals surface area contributed by atoms with Crippen LogP contribution in [0.5, 0.6) is 0 Å². The monoisotopic (exact) mass is 212 g/mol. The molecule has 0 bridgehead atoms. The van der Waals surface area contributed by atoms with Crippen molar-refractivity contribution in [1.29, 1.82) is 0 Å². The van der Waals surface area contributed by atoms with Crippen LogP contribution < -0.4 is 10.6 Å². The summed E-state index contributed by atoms with van der Waals surface area (Å²) in [6.45, 7) is 2.14. The molecular formula is C10H16N2O3. The first-order chi connectivity index (χ1) is 7.09. The predicted octanol–water partition coefficient (Wildman–Crippen LogP) is -0.116. The molecule has 0 aromatic carbocycles. The van der Waals surface area contributed by atoms with Crippen molar-refractivity contribution < 1.29 is 14.7 Å². The van der Waals surface area contributed by atoms with Crippen LogP contribution in [0.15, 0.2) is 12.2 Å². The Morgan fingerprint density at radius 1 is 1.53 bits per heavy atom. The van der Waals surface area contributed by atoms with Gasteiger partial charge in [0.15, 0.2) is 0 Å². The lowest BCUT2D eigenvalue weighted by Gasteiger charge is -2.11. The third-order valence-electron chi connectivity index (χ3n) is 2.12. The zero-order valence-corrected chi connectivity index (χ0v) is 8.69. The Hall–Kier alpha value is -1.36. The van der Waals surface area contributed by atoms with Crippen molar-refractivity contribution in [3.05, 3.63) is 12.2 Å². The summed E-state index contributed by atoms with van der Waals surface area (Å²) >= 11 is 0. The van der Waals surface area contributed by atoms with E-state index in [2.05, 4.69) is 10.6 Å². The van der Waals surface area contributed by atoms with Gasteiger partial charge in [-0.15, -0.1) is 0 Å². The molecule has 1 unspecified atom stereocenters. The lowest BCUT2D eigenvalue weighted by molar-refractivity contribution is -0.131. The largest absolute Gasteiger partial charge is 0.478 e. The first kappa shape index (κ1) is 11.7. The minimum atomic E-state index is -0.980. The number of hydrogen-bond donors (Lipinski definition) is 3. The number of aliphatic carboxylic acids is 1. The second-order valence-electron chi connectivity index (χ2n) is 3.65. The summed E-state index contributed by atoms with van der Waals surface area (Å²) in [7, 11) is 0. The van der Waals surface area contributed by atoms with Crippen molar-refractivity contribution in [3.63, 3.8) is 0 Å². The second-order valence-corrected chi connectivity index (χ2v) is 3.65. The van der Waals surface area contributed by atoms with E-state index in [4.69, 9.17) is 5.11 Å². The summed E-state index contributed by atoms with van der Waals surface area (Å²) in [6, 6.07) is 0.0698. The van der Waals surface area contributed by atoms with E-state index in [-0.39, 0.29) is 11.9 Å². The normalized spacial score (nSPS) is 17.7. The average molecular weight is 212 g/mol. The zero-order valence-electron chi connectivity index (χ0n) is 8.69. The summed E-state index contributed by atoms with van der Waals surface area (Å²) in [6.07, 6.45) is 4.66. The van der Waals surface area contributed by atoms with Crippen LogP contribution in [0, 0.1) is 0 Å². The van der Waals surface area contributed by atoms with Crippen LogP contribution in [0.25, 0.3) is 0 Å². The van der Waals surface area contributed by atoms with Gasteiger partial charge in [-0.2, -0.15) is 0 Å². The van der Waals surface area contributed by atoms with E-state index in [1.54, 1.807) is 6.92 Å². The van der Waals surface area contributed by atoms with Gasteiger partial charge >= 0.3 is 5.97 Å². The molecule has 1 amide bonds. The fourth-order valence-electron chi connectivity index (χ4n) is 1.05. The van der Waals surface area contributed by atoms with Gasteiger partial charge in [0, 0.05) is 18.7 Å². The molecule has 15 heavy (non-hydrogen) atoms. The lowest BCUT2D eigenvalue weighted by Crippen LogP contribution is -2.43. The van der Waals surface area contributed by atoms with Gasteiger partial charge in [0.2, 0.25) is 5.91 Å². The maximum atomic E-state index is 11.4. The van der Waals surface area contributed by atoms with Crippen LogP contribution in [0.3, 0.4) is 0 Å². The molecule has 5 heteroatoms. The molecule has 3 N–H and O–H groups in total. The van der Waals surface area contributed by atoms with Gasteiger partial charge in [0.05, 0.1) is 6.04 Å². The van der Waals surface area contributed by atoms with Crippen LogP contribution in [0.1, 0.15) is 19.8 Å². The Balaban J connectivity index is 2.13. The molecule has 1 aliphatic rings. The van der Waals surface area contributed by atoms with Crippen molar-refractivity contribution in [2.75, 3.05) is 6.54 Å². The maximum Gasteiger partial charge on any atom is 0.328 e. The fraction of sp³-hybridized carbons (Fsp3) is 0.600. The van der Waals surface area contributed by atoms with Crippen molar-refractivity contribution >= 4 is 11.9 Å². The molecule has 1 aliphatic carbocycles. The second kappa shape index (κ2) is 5.50. The van der Waals surface area contributed by atoms with Gasteiger partial charge in [-0.25, -0.2) is 4.79 Å². The molecule has 0 spiro atoms. The molecule has 0 saturated heterocycles. The molecule has 1 fully saturated rings. The summed E-state index contributed by atoms with van der Waals surface area (Å²) in [5.74, 6) is -1.01. The number of carboxylic acid groups (broad SMARTS) is 1. The molecule has 0 heterocycles. The van der Waals surface area contributed by atoms with E-state index in [9.17, 15) is 9.59 Å². The van der Waals surface area contributed by atoms with Gasteiger partial charge in [-0.3, -0.25) is 4.79 Å². The minimum absolute atomic E-state index is 0.0266. The molecule has 5 nitrogen and oxygen atoms in total. The smallest absolute Gasteiger partial charge is 0.328 e. The van der Waals surface area contributed by atoms with Gasteiger partial charge in [-0.1, -0.05) is 6.08 Å². The van der Waals surface area contributed by atoms with Crippen molar-refractivity contribution in [1.82, 2.24) is 10.6 Å². The molecule has 0 aromatic heterocycles. The average Bonchev–Trinajstić information content (AvgIpc) is 2.95. The van der Waals surface area contributed by atoms with E-state index < -0.39 is 5.97 Å². The fourth-order valence-corrected chi connectivity index (χ4v) is 1.05. The number of hydrogen-bond acceptors (Lipinski definition) is 3. The highest BCUT2D eigenvalue weighted by Crippen LogP contribution is 2.18. The maximum absolute atomic E-state index is 11.4. The van der Waals surface area contributed by atoms with E-state index in [0.29, 0.717) is 12.6 Å². The minimum Gasteiger partial charge on any atom is -0.478 e. The third kappa shape index (κ3) is 5.17. The van der Waals surface area contributed by atoms with Crippen LogP contribution in [0.4, 0.5) is 0 Å². The van der Waals surface area contributed by atoms with Crippen LogP contribution in [-0.2, 0) is 9.59 Å². The molecule has 1 saturated carbocycles. The van der Waals surface area contributed by atoms with E-state index in [1.165, 1.54) is 6.08 Å². The first-order valence-corrected chi connectivity index (χ1v) is 5.03. The van der Waals surface area contributed by atoms with Crippen LogP contribution in [0.2, 0.25) is 0 Å². The van der Waals surface area contributed by atoms with Gasteiger partial charge < -0.3 is 15.7 Å². The molecule has 0 aliphatic heterocycles. The van der Waals surface area contributed by atoms with Crippen molar-refractivity contribution in [2.45, 2.75) is 31.8 Å². The van der Waals surface area contributed by atoms with E-state index in [0.717, 1.165) is 18.9 Å². The van der Waals surface area contributed by atoms with Crippen LogP contribution >= 0.6 is 0 Å². The third-order valence-corrected chi connectivity index (χ3v) is 2.12. The van der Waals surface area contributed by atoms with Crippen LogP contribution in [-0.4, -0.2) is 35.6 Å². The van der Waals surface area contributed by atoms with Crippen molar-refractivity contribution in [3.8, 4) is 0 Å². The number of carbonyl (C=O) groups is 2. The Labute approximate surface area is 88.5 Å². The summed E-state index contributed by atoms with van der Waals surface area (Å²) in [5.41, 5.74) is 0. The summed E-state index contributed by atoms with van der Waals surface area (Å²) in [5, 5.41) is 14.1. The quantitative estimate of drug-likeness (QED) is 0.536. The summed E-state index contributed by atoms with van der Waals surface area (Å²) in [4.78, 5) is 21.5. The zero-order chi connectivity index (χ0) is 11.3. The molecule has 1 atom stereocenters. The number of rotatable bonds is 6. The molecule has 1 rings (SSSR count). The Bertz CT molecular complexity index is 272. The highest BCUT2D eigenvalue weighted by Gasteiger charge is 2.25. The standard InChI is InChI=1S/C10H16N2O3/c1-7(10(15)12-8-4-5-8)11-6-2-3-9(13)14/h2-3,7-8,11H,4-6H2,1H3,(H,12,15)(H,13,14)/b3-2+. The lowest BCUT2D eigenvalue weighted by atomic mass is 10.3. The molecule has 0 aromatic rings. The first-order valence-electron chi connectivity index (χ1n) is 5.03. The highest BCUT2D eigenvalue weighted by molar-refractivity contribution is 5.82. The number of nitrogens with one attached hydrogen (secondary N) is 2. The number of carbonyl (C=O) groups excluding carboxylic acids is 1. The SMILES string of the molecule is CC(NC/C=C/C(=O)O)C(=O)NC1CC1. The van der Waals surface area contributed by atoms with Gasteiger partial charge in [0.1, 0.15) is 0 Å². The molecule has 84 valence electrons. The van der Waals surface area contributed by atoms with Gasteiger partial charge in [0.25, 0.3) is 0 Å². The summed E-state index contributed by atoms with van der Waals surface area (Å²) < 4.78 is 0.